The van der Waals surface area contributed by atoms with E-state index in [2.05, 4.69) is 0 Å². The van der Waals surface area contributed by atoms with Crippen molar-refractivity contribution in [3.8, 4) is 0 Å². The van der Waals surface area contributed by atoms with E-state index < -0.39 is 21.5 Å². The molecule has 0 aliphatic carbocycles. The van der Waals surface area contributed by atoms with Crippen molar-refractivity contribution < 1.29 is 18.3 Å². The molecule has 1 aliphatic rings. The SMILES string of the molecule is C[C@]1(C(=O)O)CCCCN1S(C)(=O)=O. The molecule has 1 N–H and O–H groups in total. The first kappa shape index (κ1) is 11.5. The zero-order valence-electron chi connectivity index (χ0n) is 8.36. The molecule has 6 heteroatoms. The minimum atomic E-state index is -3.43. The first-order valence-electron chi connectivity index (χ1n) is 4.50. The molecule has 1 heterocycles. The highest BCUT2D eigenvalue weighted by Crippen LogP contribution is 2.30. The number of carboxylic acids is 1. The van der Waals surface area contributed by atoms with E-state index in [1.165, 1.54) is 6.92 Å². The van der Waals surface area contributed by atoms with Crippen LogP contribution >= 0.6 is 0 Å². The number of sulfonamides is 1. The molecule has 82 valence electrons. The van der Waals surface area contributed by atoms with Crippen molar-refractivity contribution >= 4 is 16.0 Å². The molecule has 0 aromatic heterocycles. The van der Waals surface area contributed by atoms with E-state index in [0.29, 0.717) is 13.0 Å². The van der Waals surface area contributed by atoms with E-state index in [1.807, 2.05) is 0 Å². The van der Waals surface area contributed by atoms with Crippen LogP contribution in [0.3, 0.4) is 0 Å². The second-order valence-corrected chi connectivity index (χ2v) is 5.78. The largest absolute Gasteiger partial charge is 0.480 e. The van der Waals surface area contributed by atoms with Gasteiger partial charge in [-0.3, -0.25) is 4.79 Å². The lowest BCUT2D eigenvalue weighted by Gasteiger charge is -2.39. The third kappa shape index (κ3) is 1.90. The van der Waals surface area contributed by atoms with Crippen LogP contribution in [-0.4, -0.2) is 42.1 Å². The van der Waals surface area contributed by atoms with Gasteiger partial charge in [-0.25, -0.2) is 8.42 Å². The summed E-state index contributed by atoms with van der Waals surface area (Å²) in [5, 5.41) is 9.03. The first-order chi connectivity index (χ1) is 6.28. The van der Waals surface area contributed by atoms with Crippen LogP contribution in [0.2, 0.25) is 0 Å². The van der Waals surface area contributed by atoms with Crippen molar-refractivity contribution in [2.75, 3.05) is 12.8 Å². The maximum Gasteiger partial charge on any atom is 0.324 e. The van der Waals surface area contributed by atoms with Gasteiger partial charge in [-0.15, -0.1) is 0 Å². The van der Waals surface area contributed by atoms with Crippen molar-refractivity contribution in [2.24, 2.45) is 0 Å². The molecule has 1 rings (SSSR count). The lowest BCUT2D eigenvalue weighted by molar-refractivity contribution is -0.149. The number of hydrogen-bond acceptors (Lipinski definition) is 3. The Hall–Kier alpha value is -0.620. The van der Waals surface area contributed by atoms with E-state index in [0.717, 1.165) is 23.4 Å². The molecule has 1 atom stereocenters. The minimum absolute atomic E-state index is 0.307. The quantitative estimate of drug-likeness (QED) is 0.726. The molecule has 1 fully saturated rings. The highest BCUT2D eigenvalue weighted by Gasteiger charge is 2.45. The summed E-state index contributed by atoms with van der Waals surface area (Å²) in [5.41, 5.74) is -1.26. The molecular formula is C8H15NO4S. The van der Waals surface area contributed by atoms with Crippen LogP contribution in [0.1, 0.15) is 26.2 Å². The molecule has 0 saturated carbocycles. The van der Waals surface area contributed by atoms with Gasteiger partial charge in [0.05, 0.1) is 6.26 Å². The zero-order valence-corrected chi connectivity index (χ0v) is 9.17. The van der Waals surface area contributed by atoms with Gasteiger partial charge in [0.25, 0.3) is 0 Å². The summed E-state index contributed by atoms with van der Waals surface area (Å²) in [6.07, 6.45) is 2.93. The zero-order chi connectivity index (χ0) is 11.0. The summed E-state index contributed by atoms with van der Waals surface area (Å²) in [5.74, 6) is -1.07. The fourth-order valence-electron chi connectivity index (χ4n) is 1.84. The second-order valence-electron chi connectivity index (χ2n) is 3.87. The van der Waals surface area contributed by atoms with Gasteiger partial charge in [-0.2, -0.15) is 4.31 Å². The van der Waals surface area contributed by atoms with Gasteiger partial charge >= 0.3 is 5.97 Å². The molecule has 0 amide bonds. The molecule has 0 radical (unpaired) electrons. The fourth-order valence-corrected chi connectivity index (χ4v) is 3.20. The molecule has 1 aliphatic heterocycles. The predicted molar refractivity (Wildman–Crippen MR) is 51.4 cm³/mol. The third-order valence-corrected chi connectivity index (χ3v) is 4.07. The number of piperidine rings is 1. The summed E-state index contributed by atoms with van der Waals surface area (Å²) in [6, 6.07) is 0. The van der Waals surface area contributed by atoms with E-state index in [-0.39, 0.29) is 0 Å². The molecule has 0 bridgehead atoms. The van der Waals surface area contributed by atoms with Crippen molar-refractivity contribution in [1.29, 1.82) is 0 Å². The van der Waals surface area contributed by atoms with Crippen molar-refractivity contribution in [2.45, 2.75) is 31.7 Å². The van der Waals surface area contributed by atoms with Crippen LogP contribution in [-0.2, 0) is 14.8 Å². The highest BCUT2D eigenvalue weighted by atomic mass is 32.2. The fraction of sp³-hybridized carbons (Fsp3) is 0.875. The Balaban J connectivity index is 3.07. The molecule has 5 nitrogen and oxygen atoms in total. The van der Waals surface area contributed by atoms with Crippen LogP contribution in [0.15, 0.2) is 0 Å². The Kier molecular flexibility index (Phi) is 2.87. The monoisotopic (exact) mass is 221 g/mol. The lowest BCUT2D eigenvalue weighted by atomic mass is 9.91. The van der Waals surface area contributed by atoms with Gasteiger partial charge in [0, 0.05) is 6.54 Å². The summed E-state index contributed by atoms with van der Waals surface area (Å²) in [7, 11) is -3.43. The van der Waals surface area contributed by atoms with E-state index in [1.54, 1.807) is 0 Å². The topological polar surface area (TPSA) is 74.7 Å². The van der Waals surface area contributed by atoms with Crippen LogP contribution in [0.4, 0.5) is 0 Å². The summed E-state index contributed by atoms with van der Waals surface area (Å²) in [6.45, 7) is 1.77. The minimum Gasteiger partial charge on any atom is -0.480 e. The molecule has 0 spiro atoms. The molecule has 0 aromatic carbocycles. The van der Waals surface area contributed by atoms with Crippen LogP contribution in [0.25, 0.3) is 0 Å². The number of aliphatic carboxylic acids is 1. The van der Waals surface area contributed by atoms with Crippen LogP contribution in [0, 0.1) is 0 Å². The van der Waals surface area contributed by atoms with Crippen molar-refractivity contribution in [3.63, 3.8) is 0 Å². The number of carbonyl (C=O) groups is 1. The molecule has 1 saturated heterocycles. The maximum absolute atomic E-state index is 11.4. The van der Waals surface area contributed by atoms with Crippen LogP contribution < -0.4 is 0 Å². The van der Waals surface area contributed by atoms with E-state index >= 15 is 0 Å². The average Bonchev–Trinajstić information content (AvgIpc) is 2.02. The third-order valence-electron chi connectivity index (χ3n) is 2.69. The van der Waals surface area contributed by atoms with Gasteiger partial charge in [-0.1, -0.05) is 0 Å². The van der Waals surface area contributed by atoms with Gasteiger partial charge < -0.3 is 5.11 Å². The Morgan fingerprint density at radius 1 is 1.43 bits per heavy atom. The maximum atomic E-state index is 11.4. The van der Waals surface area contributed by atoms with Gasteiger partial charge in [0.1, 0.15) is 5.54 Å². The Morgan fingerprint density at radius 3 is 2.36 bits per heavy atom. The molecular weight excluding hydrogens is 206 g/mol. The molecule has 0 unspecified atom stereocenters. The Morgan fingerprint density at radius 2 is 2.00 bits per heavy atom. The van der Waals surface area contributed by atoms with Gasteiger partial charge in [-0.05, 0) is 26.2 Å². The van der Waals surface area contributed by atoms with Crippen molar-refractivity contribution in [1.82, 2.24) is 4.31 Å². The number of nitrogens with zero attached hydrogens (tertiary/aromatic N) is 1. The van der Waals surface area contributed by atoms with Gasteiger partial charge in [0.2, 0.25) is 10.0 Å². The second kappa shape index (κ2) is 3.51. The van der Waals surface area contributed by atoms with E-state index in [9.17, 15) is 13.2 Å². The number of rotatable bonds is 2. The summed E-state index contributed by atoms with van der Waals surface area (Å²) in [4.78, 5) is 11.0. The summed E-state index contributed by atoms with van der Waals surface area (Å²) >= 11 is 0. The lowest BCUT2D eigenvalue weighted by Crippen LogP contribution is -2.57. The number of hydrogen-bond donors (Lipinski definition) is 1. The number of carboxylic acid groups (broad SMARTS) is 1. The smallest absolute Gasteiger partial charge is 0.324 e. The average molecular weight is 221 g/mol. The standard InChI is InChI=1S/C8H15NO4S/c1-8(7(10)11)5-3-4-6-9(8)14(2,12)13/h3-6H2,1-2H3,(H,10,11)/t8-/m1/s1. The normalized spacial score (nSPS) is 30.1. The van der Waals surface area contributed by atoms with Crippen LogP contribution in [0.5, 0.6) is 0 Å². The highest BCUT2D eigenvalue weighted by molar-refractivity contribution is 7.88. The molecule has 14 heavy (non-hydrogen) atoms. The van der Waals surface area contributed by atoms with Gasteiger partial charge in [0.15, 0.2) is 0 Å². The predicted octanol–water partition coefficient (Wildman–Crippen LogP) is 0.275. The Bertz CT molecular complexity index is 337. The van der Waals surface area contributed by atoms with E-state index in [4.69, 9.17) is 5.11 Å². The Labute approximate surface area is 83.8 Å². The summed E-state index contributed by atoms with van der Waals surface area (Å²) < 4.78 is 23.8. The molecule has 0 aromatic rings. The van der Waals surface area contributed by atoms with Crippen molar-refractivity contribution in [3.05, 3.63) is 0 Å². The first-order valence-corrected chi connectivity index (χ1v) is 6.34.